The molecule has 0 spiro atoms. The Morgan fingerprint density at radius 1 is 1.30 bits per heavy atom. The molecule has 3 N–H and O–H groups in total. The molecule has 1 amide bonds. The zero-order valence-corrected chi connectivity index (χ0v) is 14.6. The van der Waals surface area contributed by atoms with Gasteiger partial charge in [0.1, 0.15) is 0 Å². The molecule has 6 nitrogen and oxygen atoms in total. The van der Waals surface area contributed by atoms with Gasteiger partial charge in [0.05, 0.1) is 10.8 Å². The number of sulfonamides is 1. The third-order valence-electron chi connectivity index (χ3n) is 4.29. The summed E-state index contributed by atoms with van der Waals surface area (Å²) in [5.41, 5.74) is 6.75. The van der Waals surface area contributed by atoms with Crippen molar-refractivity contribution >= 4 is 15.9 Å². The summed E-state index contributed by atoms with van der Waals surface area (Å²) >= 11 is 0. The van der Waals surface area contributed by atoms with Crippen molar-refractivity contribution < 1.29 is 13.2 Å². The highest BCUT2D eigenvalue weighted by Crippen LogP contribution is 2.31. The maximum Gasteiger partial charge on any atom is 0.242 e. The lowest BCUT2D eigenvalue weighted by molar-refractivity contribution is -0.122. The molecule has 23 heavy (non-hydrogen) atoms. The van der Waals surface area contributed by atoms with Crippen LogP contribution in [0.2, 0.25) is 0 Å². The summed E-state index contributed by atoms with van der Waals surface area (Å²) in [5.74, 6) is 0.1000. The highest BCUT2D eigenvalue weighted by Gasteiger charge is 2.29. The Morgan fingerprint density at radius 3 is 2.35 bits per heavy atom. The van der Waals surface area contributed by atoms with Crippen LogP contribution in [0, 0.1) is 5.92 Å². The number of nitrogens with one attached hydrogen (secondary N) is 1. The van der Waals surface area contributed by atoms with E-state index in [4.69, 9.17) is 5.73 Å². The second-order valence-electron chi connectivity index (χ2n) is 6.32. The summed E-state index contributed by atoms with van der Waals surface area (Å²) in [5, 5.41) is 2.87. The van der Waals surface area contributed by atoms with E-state index in [-0.39, 0.29) is 22.8 Å². The van der Waals surface area contributed by atoms with Crippen LogP contribution in [-0.4, -0.2) is 45.3 Å². The topological polar surface area (TPSA) is 92.5 Å². The first-order chi connectivity index (χ1) is 10.7. The second-order valence-corrected chi connectivity index (χ2v) is 8.48. The van der Waals surface area contributed by atoms with Crippen LogP contribution in [0.3, 0.4) is 0 Å². The lowest BCUT2D eigenvalue weighted by Crippen LogP contribution is -2.40. The van der Waals surface area contributed by atoms with E-state index >= 15 is 0 Å². The van der Waals surface area contributed by atoms with Gasteiger partial charge in [-0.2, -0.15) is 0 Å². The number of hydrogen-bond donors (Lipinski definition) is 2. The van der Waals surface area contributed by atoms with Crippen molar-refractivity contribution in [3.8, 4) is 0 Å². The second kappa shape index (κ2) is 6.98. The molecule has 0 radical (unpaired) electrons. The standard InChI is InChI=1S/C16H25N3O3S/c1-11(16(20)18-10-15(17)13-4-5-13)12-6-8-14(9-7-12)23(21,22)19(2)3/h6-9,11,13,15H,4-5,10,17H2,1-3H3,(H,18,20). The number of carbonyl (C=O) groups is 1. The number of hydrogen-bond acceptors (Lipinski definition) is 4. The number of benzene rings is 1. The summed E-state index contributed by atoms with van der Waals surface area (Å²) in [7, 11) is -0.470. The smallest absolute Gasteiger partial charge is 0.242 e. The van der Waals surface area contributed by atoms with Crippen molar-refractivity contribution in [1.29, 1.82) is 0 Å². The van der Waals surface area contributed by atoms with Crippen molar-refractivity contribution in [2.45, 2.75) is 36.6 Å². The average Bonchev–Trinajstić information content (AvgIpc) is 3.36. The normalized spacial score (nSPS) is 17.8. The fourth-order valence-electron chi connectivity index (χ4n) is 2.35. The van der Waals surface area contributed by atoms with Crippen molar-refractivity contribution in [1.82, 2.24) is 9.62 Å². The quantitative estimate of drug-likeness (QED) is 0.772. The van der Waals surface area contributed by atoms with Gasteiger partial charge < -0.3 is 11.1 Å². The highest BCUT2D eigenvalue weighted by molar-refractivity contribution is 7.89. The molecule has 1 aromatic carbocycles. The molecule has 1 aliphatic carbocycles. The van der Waals surface area contributed by atoms with Crippen molar-refractivity contribution in [3.05, 3.63) is 29.8 Å². The van der Waals surface area contributed by atoms with E-state index in [1.54, 1.807) is 19.1 Å². The Balaban J connectivity index is 1.99. The van der Waals surface area contributed by atoms with E-state index in [0.29, 0.717) is 12.5 Å². The lowest BCUT2D eigenvalue weighted by Gasteiger charge is -2.16. The first kappa shape index (κ1) is 17.9. The summed E-state index contributed by atoms with van der Waals surface area (Å²) in [6, 6.07) is 6.45. The molecule has 0 heterocycles. The molecule has 1 fully saturated rings. The monoisotopic (exact) mass is 339 g/mol. The SMILES string of the molecule is CC(C(=O)NCC(N)C1CC1)c1ccc(S(=O)(=O)N(C)C)cc1. The molecule has 1 aromatic rings. The Hall–Kier alpha value is -1.44. The van der Waals surface area contributed by atoms with E-state index in [0.717, 1.165) is 22.7 Å². The summed E-state index contributed by atoms with van der Waals surface area (Å²) in [6.45, 7) is 2.29. The molecule has 2 unspecified atom stereocenters. The molecule has 2 atom stereocenters. The Bertz CT molecular complexity index is 652. The Kier molecular flexibility index (Phi) is 5.44. The van der Waals surface area contributed by atoms with Crippen LogP contribution in [0.4, 0.5) is 0 Å². The fraction of sp³-hybridized carbons (Fsp3) is 0.562. The van der Waals surface area contributed by atoms with Crippen LogP contribution in [0.5, 0.6) is 0 Å². The summed E-state index contributed by atoms with van der Waals surface area (Å²) < 4.78 is 25.2. The molecular formula is C16H25N3O3S. The molecule has 1 saturated carbocycles. The maximum atomic E-state index is 12.2. The number of rotatable bonds is 7. The van der Waals surface area contributed by atoms with Crippen LogP contribution in [0.25, 0.3) is 0 Å². The number of amides is 1. The fourth-order valence-corrected chi connectivity index (χ4v) is 3.25. The summed E-state index contributed by atoms with van der Waals surface area (Å²) in [4.78, 5) is 12.4. The number of nitrogens with zero attached hydrogens (tertiary/aromatic N) is 1. The van der Waals surface area contributed by atoms with Crippen LogP contribution in [0.1, 0.15) is 31.2 Å². The molecule has 0 bridgehead atoms. The van der Waals surface area contributed by atoms with Crippen molar-refractivity contribution in [2.75, 3.05) is 20.6 Å². The van der Waals surface area contributed by atoms with Crippen LogP contribution >= 0.6 is 0 Å². The van der Waals surface area contributed by atoms with E-state index in [9.17, 15) is 13.2 Å². The summed E-state index contributed by atoms with van der Waals surface area (Å²) in [6.07, 6.45) is 2.29. The Labute approximate surface area is 138 Å². The van der Waals surface area contributed by atoms with Gasteiger partial charge in [-0.3, -0.25) is 4.79 Å². The van der Waals surface area contributed by atoms with Gasteiger partial charge in [0.25, 0.3) is 0 Å². The van der Waals surface area contributed by atoms with Gasteiger partial charge in [0.15, 0.2) is 0 Å². The maximum absolute atomic E-state index is 12.2. The van der Waals surface area contributed by atoms with Gasteiger partial charge in [0, 0.05) is 26.7 Å². The number of nitrogens with two attached hydrogens (primary N) is 1. The zero-order valence-electron chi connectivity index (χ0n) is 13.8. The predicted octanol–water partition coefficient (Wildman–Crippen LogP) is 0.894. The van der Waals surface area contributed by atoms with Gasteiger partial charge in [0.2, 0.25) is 15.9 Å². The molecule has 0 aliphatic heterocycles. The van der Waals surface area contributed by atoms with Crippen LogP contribution in [0.15, 0.2) is 29.2 Å². The predicted molar refractivity (Wildman–Crippen MR) is 89.4 cm³/mol. The first-order valence-corrected chi connectivity index (χ1v) is 9.23. The van der Waals surface area contributed by atoms with Crippen molar-refractivity contribution in [2.24, 2.45) is 11.7 Å². The van der Waals surface area contributed by atoms with Gasteiger partial charge in [-0.15, -0.1) is 0 Å². The van der Waals surface area contributed by atoms with E-state index < -0.39 is 10.0 Å². The molecule has 7 heteroatoms. The minimum Gasteiger partial charge on any atom is -0.354 e. The molecular weight excluding hydrogens is 314 g/mol. The zero-order chi connectivity index (χ0) is 17.2. The minimum absolute atomic E-state index is 0.0266. The van der Waals surface area contributed by atoms with Gasteiger partial charge >= 0.3 is 0 Å². The molecule has 1 aliphatic rings. The van der Waals surface area contributed by atoms with Gasteiger partial charge in [-0.1, -0.05) is 12.1 Å². The molecule has 0 saturated heterocycles. The first-order valence-electron chi connectivity index (χ1n) is 7.79. The highest BCUT2D eigenvalue weighted by atomic mass is 32.2. The van der Waals surface area contributed by atoms with Gasteiger partial charge in [-0.25, -0.2) is 12.7 Å². The molecule has 2 rings (SSSR count). The minimum atomic E-state index is -3.45. The van der Waals surface area contributed by atoms with E-state index in [2.05, 4.69) is 5.32 Å². The molecule has 128 valence electrons. The van der Waals surface area contributed by atoms with Crippen LogP contribution in [-0.2, 0) is 14.8 Å². The van der Waals surface area contributed by atoms with Crippen LogP contribution < -0.4 is 11.1 Å². The van der Waals surface area contributed by atoms with Crippen molar-refractivity contribution in [3.63, 3.8) is 0 Å². The largest absolute Gasteiger partial charge is 0.354 e. The average molecular weight is 339 g/mol. The number of carbonyl (C=O) groups excluding carboxylic acids is 1. The third kappa shape index (κ3) is 4.31. The lowest BCUT2D eigenvalue weighted by atomic mass is 10.0. The van der Waals surface area contributed by atoms with E-state index in [1.807, 2.05) is 0 Å². The Morgan fingerprint density at radius 2 is 1.87 bits per heavy atom. The molecule has 0 aromatic heterocycles. The van der Waals surface area contributed by atoms with Gasteiger partial charge in [-0.05, 0) is 43.4 Å². The third-order valence-corrected chi connectivity index (χ3v) is 6.12. The van der Waals surface area contributed by atoms with E-state index in [1.165, 1.54) is 26.2 Å².